The molecule has 0 radical (unpaired) electrons. The summed E-state index contributed by atoms with van der Waals surface area (Å²) in [7, 11) is 0. The third-order valence-electron chi connectivity index (χ3n) is 3.08. The molecule has 0 saturated heterocycles. The molecule has 5 heteroatoms. The molecule has 0 spiro atoms. The lowest BCUT2D eigenvalue weighted by molar-refractivity contribution is -0.286. The Morgan fingerprint density at radius 1 is 1.00 bits per heavy atom. The van der Waals surface area contributed by atoms with Crippen LogP contribution in [0.3, 0.4) is 0 Å². The van der Waals surface area contributed by atoms with Crippen molar-refractivity contribution < 1.29 is 18.3 Å². The normalized spacial score (nSPS) is 14.9. The van der Waals surface area contributed by atoms with Gasteiger partial charge in [0.1, 0.15) is 0 Å². The lowest BCUT2D eigenvalue weighted by atomic mass is 10.00. The zero-order valence-corrected chi connectivity index (χ0v) is 10.5. The smallest absolute Gasteiger partial charge is 0.395 e. The van der Waals surface area contributed by atoms with Crippen molar-refractivity contribution in [2.75, 3.05) is 0 Å². The Hall–Kier alpha value is -2.61. The fraction of sp³-hybridized carbons (Fsp3) is 0.133. The van der Waals surface area contributed by atoms with E-state index in [4.69, 9.17) is 5.26 Å². The quantitative estimate of drug-likeness (QED) is 0.792. The van der Waals surface area contributed by atoms with Crippen molar-refractivity contribution in [2.24, 2.45) is 0 Å². The Balaban J connectivity index is 2.01. The lowest BCUT2D eigenvalue weighted by Crippen LogP contribution is -2.25. The second-order valence-electron chi connectivity index (χ2n) is 4.47. The van der Waals surface area contributed by atoms with Crippen molar-refractivity contribution in [1.82, 2.24) is 0 Å². The van der Waals surface area contributed by atoms with Crippen molar-refractivity contribution >= 4 is 0 Å². The van der Waals surface area contributed by atoms with Crippen molar-refractivity contribution in [3.8, 4) is 28.7 Å². The van der Waals surface area contributed by atoms with Crippen LogP contribution in [0.1, 0.15) is 11.1 Å². The summed E-state index contributed by atoms with van der Waals surface area (Å²) in [5.41, 5.74) is 2.95. The summed E-state index contributed by atoms with van der Waals surface area (Å²) >= 11 is 0. The first-order valence-corrected chi connectivity index (χ1v) is 5.89. The molecule has 0 aromatic heterocycles. The second kappa shape index (κ2) is 4.20. The van der Waals surface area contributed by atoms with Crippen LogP contribution in [0, 0.1) is 18.3 Å². The molecule has 0 N–H and O–H groups in total. The van der Waals surface area contributed by atoms with E-state index < -0.39 is 6.29 Å². The van der Waals surface area contributed by atoms with Crippen LogP contribution < -0.4 is 9.47 Å². The van der Waals surface area contributed by atoms with Gasteiger partial charge in [0.05, 0.1) is 11.6 Å². The predicted molar refractivity (Wildman–Crippen MR) is 67.5 cm³/mol. The number of fused-ring (bicyclic) bond motifs is 1. The highest BCUT2D eigenvalue weighted by atomic mass is 19.3. The Kier molecular flexibility index (Phi) is 2.61. The summed E-state index contributed by atoms with van der Waals surface area (Å²) in [6, 6.07) is 12.0. The van der Waals surface area contributed by atoms with Gasteiger partial charge in [-0.3, -0.25) is 0 Å². The summed E-state index contributed by atoms with van der Waals surface area (Å²) in [6.07, 6.45) is -3.61. The number of hydrogen-bond donors (Lipinski definition) is 0. The molecule has 1 aliphatic rings. The first-order valence-electron chi connectivity index (χ1n) is 5.89. The van der Waals surface area contributed by atoms with E-state index in [0.717, 1.165) is 16.7 Å². The molecule has 2 aromatic rings. The highest BCUT2D eigenvalue weighted by molar-refractivity contribution is 5.69. The van der Waals surface area contributed by atoms with E-state index in [1.54, 1.807) is 18.2 Å². The molecule has 2 aromatic carbocycles. The minimum absolute atomic E-state index is 0.00881. The van der Waals surface area contributed by atoms with E-state index in [2.05, 4.69) is 15.5 Å². The number of ether oxygens (including phenoxy) is 2. The van der Waals surface area contributed by atoms with E-state index in [-0.39, 0.29) is 11.5 Å². The summed E-state index contributed by atoms with van der Waals surface area (Å²) in [5, 5.41) is 8.89. The Bertz CT molecular complexity index is 735. The molecule has 3 rings (SSSR count). The number of rotatable bonds is 1. The van der Waals surface area contributed by atoms with Gasteiger partial charge in [0.2, 0.25) is 0 Å². The fourth-order valence-corrected chi connectivity index (χ4v) is 2.10. The fourth-order valence-electron chi connectivity index (χ4n) is 2.10. The highest BCUT2D eigenvalue weighted by Crippen LogP contribution is 2.42. The third-order valence-corrected chi connectivity index (χ3v) is 3.08. The molecular weight excluding hydrogens is 264 g/mol. The largest absolute Gasteiger partial charge is 0.586 e. The molecule has 0 aliphatic carbocycles. The van der Waals surface area contributed by atoms with E-state index in [1.807, 2.05) is 13.0 Å². The van der Waals surface area contributed by atoms with Gasteiger partial charge in [-0.05, 0) is 41.8 Å². The molecule has 0 amide bonds. The zero-order chi connectivity index (χ0) is 14.3. The molecule has 1 heterocycles. The average molecular weight is 273 g/mol. The Morgan fingerprint density at radius 3 is 2.35 bits per heavy atom. The minimum Gasteiger partial charge on any atom is -0.395 e. The van der Waals surface area contributed by atoms with Gasteiger partial charge >= 0.3 is 6.29 Å². The molecule has 20 heavy (non-hydrogen) atoms. The number of nitrogens with zero attached hydrogens (tertiary/aromatic N) is 1. The van der Waals surface area contributed by atoms with Crippen LogP contribution in [0.2, 0.25) is 0 Å². The van der Waals surface area contributed by atoms with Gasteiger partial charge in [0.15, 0.2) is 11.5 Å². The van der Waals surface area contributed by atoms with Crippen LogP contribution in [-0.4, -0.2) is 6.29 Å². The van der Waals surface area contributed by atoms with Gasteiger partial charge in [-0.15, -0.1) is 8.78 Å². The maximum absolute atomic E-state index is 13.0. The molecule has 3 nitrogen and oxygen atoms in total. The van der Waals surface area contributed by atoms with Crippen molar-refractivity contribution in [1.29, 1.82) is 5.26 Å². The number of aryl methyl sites for hydroxylation is 1. The molecule has 0 saturated carbocycles. The second-order valence-corrected chi connectivity index (χ2v) is 4.47. The molecule has 0 fully saturated rings. The van der Waals surface area contributed by atoms with Crippen LogP contribution in [0.5, 0.6) is 11.5 Å². The van der Waals surface area contributed by atoms with Gasteiger partial charge in [0, 0.05) is 0 Å². The molecule has 100 valence electrons. The molecule has 0 unspecified atom stereocenters. The molecule has 0 bridgehead atoms. The number of benzene rings is 2. The van der Waals surface area contributed by atoms with E-state index in [9.17, 15) is 8.78 Å². The van der Waals surface area contributed by atoms with Crippen molar-refractivity contribution in [3.63, 3.8) is 0 Å². The summed E-state index contributed by atoms with van der Waals surface area (Å²) in [4.78, 5) is 0. The minimum atomic E-state index is -3.61. The molecular formula is C15H9F2NO2. The van der Waals surface area contributed by atoms with Gasteiger partial charge in [0.25, 0.3) is 0 Å². The maximum atomic E-state index is 13.0. The zero-order valence-electron chi connectivity index (χ0n) is 10.5. The standard InChI is InChI=1S/C15H9F2NO2/c1-9-6-10(2-3-12(9)8-18)11-4-5-13-14(7-11)20-15(16,17)19-13/h2-7H,1H3. The van der Waals surface area contributed by atoms with Gasteiger partial charge in [-0.1, -0.05) is 18.2 Å². The number of halogens is 2. The number of alkyl halides is 2. The molecule has 1 aliphatic heterocycles. The topological polar surface area (TPSA) is 42.2 Å². The van der Waals surface area contributed by atoms with E-state index in [0.29, 0.717) is 5.56 Å². The van der Waals surface area contributed by atoms with Crippen LogP contribution in [-0.2, 0) is 0 Å². The van der Waals surface area contributed by atoms with Crippen LogP contribution in [0.25, 0.3) is 11.1 Å². The van der Waals surface area contributed by atoms with Crippen LogP contribution in [0.4, 0.5) is 8.78 Å². The van der Waals surface area contributed by atoms with Crippen LogP contribution >= 0.6 is 0 Å². The average Bonchev–Trinajstić information content (AvgIpc) is 2.71. The Labute approximate surface area is 114 Å². The van der Waals surface area contributed by atoms with Gasteiger partial charge in [-0.2, -0.15) is 5.26 Å². The van der Waals surface area contributed by atoms with Gasteiger partial charge in [-0.25, -0.2) is 0 Å². The summed E-state index contributed by atoms with van der Waals surface area (Å²) in [5.74, 6) is 0.0265. The SMILES string of the molecule is Cc1cc(-c2ccc3c(c2)OC(F)(F)O3)ccc1C#N. The van der Waals surface area contributed by atoms with Crippen LogP contribution in [0.15, 0.2) is 36.4 Å². The summed E-state index contributed by atoms with van der Waals surface area (Å²) < 4.78 is 34.7. The lowest BCUT2D eigenvalue weighted by Gasteiger charge is -2.05. The predicted octanol–water partition coefficient (Wildman–Crippen LogP) is 3.86. The number of hydrogen-bond acceptors (Lipinski definition) is 3. The van der Waals surface area contributed by atoms with Crippen molar-refractivity contribution in [2.45, 2.75) is 13.2 Å². The van der Waals surface area contributed by atoms with E-state index >= 15 is 0 Å². The highest BCUT2D eigenvalue weighted by Gasteiger charge is 2.43. The van der Waals surface area contributed by atoms with Gasteiger partial charge < -0.3 is 9.47 Å². The van der Waals surface area contributed by atoms with E-state index in [1.165, 1.54) is 12.1 Å². The first-order chi connectivity index (χ1) is 9.48. The summed E-state index contributed by atoms with van der Waals surface area (Å²) in [6.45, 7) is 1.82. The Morgan fingerprint density at radius 2 is 1.65 bits per heavy atom. The maximum Gasteiger partial charge on any atom is 0.586 e. The van der Waals surface area contributed by atoms with Crippen molar-refractivity contribution in [3.05, 3.63) is 47.5 Å². The molecule has 0 atom stereocenters. The monoisotopic (exact) mass is 273 g/mol. The third kappa shape index (κ3) is 2.05. The number of nitriles is 1. The first kappa shape index (κ1) is 12.4.